The van der Waals surface area contributed by atoms with Crippen molar-refractivity contribution in [1.29, 1.82) is 0 Å². The maximum Gasteiger partial charge on any atom is 0.253 e. The molecule has 7 nitrogen and oxygen atoms in total. The number of carbonyl (C=O) groups is 1. The molecule has 0 aliphatic carbocycles. The van der Waals surface area contributed by atoms with Crippen LogP contribution in [-0.4, -0.2) is 49.1 Å². The van der Waals surface area contributed by atoms with Crippen LogP contribution in [0.4, 0.5) is 0 Å². The van der Waals surface area contributed by atoms with Crippen molar-refractivity contribution in [2.24, 2.45) is 0 Å². The van der Waals surface area contributed by atoms with Crippen molar-refractivity contribution in [3.63, 3.8) is 0 Å². The molecule has 1 N–H and O–H groups in total. The highest BCUT2D eigenvalue weighted by atomic mass is 16.8. The van der Waals surface area contributed by atoms with Crippen LogP contribution >= 0.6 is 0 Å². The summed E-state index contributed by atoms with van der Waals surface area (Å²) < 4.78 is 32.2. The van der Waals surface area contributed by atoms with Gasteiger partial charge >= 0.3 is 0 Å². The predicted molar refractivity (Wildman–Crippen MR) is 149 cm³/mol. The molecule has 3 aromatic carbocycles. The number of allylic oxidation sites excluding steroid dienone is 1. The van der Waals surface area contributed by atoms with Crippen LogP contribution in [0, 0.1) is 0 Å². The molecule has 6 rings (SSSR count). The van der Waals surface area contributed by atoms with Crippen molar-refractivity contribution < 1.29 is 28.5 Å². The van der Waals surface area contributed by atoms with Gasteiger partial charge in [0, 0.05) is 0 Å². The average Bonchev–Trinajstić information content (AvgIpc) is 3.41. The predicted octanol–water partition coefficient (Wildman–Crippen LogP) is 5.05. The lowest BCUT2D eigenvalue weighted by molar-refractivity contribution is -0.231. The first-order valence-corrected chi connectivity index (χ1v) is 13.7. The van der Waals surface area contributed by atoms with E-state index in [1.807, 2.05) is 82.3 Å². The molecule has 3 aliphatic heterocycles. The number of β-lactam (4-membered cyclic amide) rings is 1. The molecule has 3 aliphatic rings. The number of carbonyl (C=O) groups excluding carboxylic acids is 1. The summed E-state index contributed by atoms with van der Waals surface area (Å²) in [4.78, 5) is 12.2. The van der Waals surface area contributed by atoms with E-state index >= 15 is 0 Å². The van der Waals surface area contributed by atoms with E-state index in [1.165, 1.54) is 0 Å². The van der Waals surface area contributed by atoms with Crippen LogP contribution in [-0.2, 0) is 34.1 Å². The topological polar surface area (TPSA) is 75.3 Å². The first-order valence-electron chi connectivity index (χ1n) is 13.7. The Morgan fingerprint density at radius 3 is 1.85 bits per heavy atom. The Labute approximate surface area is 235 Å². The van der Waals surface area contributed by atoms with E-state index in [0.29, 0.717) is 5.57 Å². The third-order valence-corrected chi connectivity index (χ3v) is 7.69. The van der Waals surface area contributed by atoms with Gasteiger partial charge in [0.15, 0.2) is 18.3 Å². The standard InChI is InChI=1S/C33H35NO6/c1-21(2)26-29(35)34-30(26)38-27-25(37-31-28(27)39-32(3,4)40-31)20-36-33(22-14-8-5-9-15-22,23-16-10-6-11-17-23)24-18-12-7-13-19-24/h5-19,25,27-28,30-31H,20H2,1-4H3,(H,34,35)/t25-,27+,28-,30+,31-/m1/s1. The SMILES string of the molecule is CC(C)=C1C(=O)N[C@H]1O[C@@H]1[C@H]2OC(C)(C)O[C@H]2O[C@@H]1COC(c1ccccc1)(c1ccccc1)c1ccccc1. The molecular formula is C33H35NO6. The van der Waals surface area contributed by atoms with E-state index in [-0.39, 0.29) is 12.5 Å². The Morgan fingerprint density at radius 1 is 0.850 bits per heavy atom. The molecule has 5 atom stereocenters. The normalized spacial score (nSPS) is 27.1. The molecule has 0 unspecified atom stereocenters. The molecule has 3 aromatic rings. The van der Waals surface area contributed by atoms with Gasteiger partial charge in [-0.3, -0.25) is 4.79 Å². The number of hydrogen-bond acceptors (Lipinski definition) is 6. The molecular weight excluding hydrogens is 506 g/mol. The number of fused-ring (bicyclic) bond motifs is 1. The lowest BCUT2D eigenvalue weighted by atomic mass is 9.80. The van der Waals surface area contributed by atoms with Gasteiger partial charge < -0.3 is 29.0 Å². The monoisotopic (exact) mass is 541 g/mol. The van der Waals surface area contributed by atoms with E-state index < -0.39 is 42.2 Å². The Hall–Kier alpha value is -3.33. The van der Waals surface area contributed by atoms with E-state index in [2.05, 4.69) is 41.7 Å². The number of nitrogens with one attached hydrogen (secondary N) is 1. The van der Waals surface area contributed by atoms with Crippen molar-refractivity contribution in [2.45, 2.75) is 69.9 Å². The zero-order valence-electron chi connectivity index (χ0n) is 23.2. The van der Waals surface area contributed by atoms with E-state index in [4.69, 9.17) is 23.7 Å². The van der Waals surface area contributed by atoms with Gasteiger partial charge in [-0.1, -0.05) is 96.6 Å². The lowest BCUT2D eigenvalue weighted by Crippen LogP contribution is -2.57. The van der Waals surface area contributed by atoms with Gasteiger partial charge in [-0.05, 0) is 44.4 Å². The van der Waals surface area contributed by atoms with Crippen LogP contribution in [0.25, 0.3) is 0 Å². The Bertz CT molecular complexity index is 1270. The second-order valence-corrected chi connectivity index (χ2v) is 11.1. The number of rotatable bonds is 8. The Morgan fingerprint density at radius 2 is 1.38 bits per heavy atom. The largest absolute Gasteiger partial charge is 0.358 e. The third kappa shape index (κ3) is 4.78. The number of hydrogen-bond donors (Lipinski definition) is 1. The van der Waals surface area contributed by atoms with Gasteiger partial charge in [-0.15, -0.1) is 0 Å². The quantitative estimate of drug-likeness (QED) is 0.244. The molecule has 0 spiro atoms. The Kier molecular flexibility index (Phi) is 7.10. The zero-order chi connectivity index (χ0) is 27.9. The fraction of sp³-hybridized carbons (Fsp3) is 0.364. The second-order valence-electron chi connectivity index (χ2n) is 11.1. The smallest absolute Gasteiger partial charge is 0.253 e. The lowest BCUT2D eigenvalue weighted by Gasteiger charge is -2.39. The first-order chi connectivity index (χ1) is 19.3. The highest BCUT2D eigenvalue weighted by Gasteiger charge is 2.57. The van der Waals surface area contributed by atoms with Crippen molar-refractivity contribution in [3.8, 4) is 0 Å². The summed E-state index contributed by atoms with van der Waals surface area (Å²) in [6.45, 7) is 7.72. The summed E-state index contributed by atoms with van der Waals surface area (Å²) in [5.41, 5.74) is 3.62. The molecule has 0 aromatic heterocycles. The first kappa shape index (κ1) is 26.9. The molecule has 0 radical (unpaired) electrons. The van der Waals surface area contributed by atoms with Gasteiger partial charge in [0.2, 0.25) is 0 Å². The van der Waals surface area contributed by atoms with Crippen molar-refractivity contribution >= 4 is 5.91 Å². The molecule has 3 fully saturated rings. The maximum absolute atomic E-state index is 12.2. The molecule has 3 heterocycles. The fourth-order valence-electron chi connectivity index (χ4n) is 5.88. The second kappa shape index (κ2) is 10.6. The molecule has 1 amide bonds. The minimum Gasteiger partial charge on any atom is -0.358 e. The van der Waals surface area contributed by atoms with Gasteiger partial charge in [-0.2, -0.15) is 0 Å². The highest BCUT2D eigenvalue weighted by molar-refractivity contribution is 6.01. The number of amides is 1. The zero-order valence-corrected chi connectivity index (χ0v) is 23.2. The number of benzene rings is 3. The van der Waals surface area contributed by atoms with Crippen LogP contribution in [0.15, 0.2) is 102 Å². The van der Waals surface area contributed by atoms with Gasteiger partial charge in [-0.25, -0.2) is 0 Å². The summed E-state index contributed by atoms with van der Waals surface area (Å²) in [5, 5.41) is 2.86. The summed E-state index contributed by atoms with van der Waals surface area (Å²) in [7, 11) is 0. The highest BCUT2D eigenvalue weighted by Crippen LogP contribution is 2.44. The average molecular weight is 542 g/mol. The van der Waals surface area contributed by atoms with Crippen molar-refractivity contribution in [1.82, 2.24) is 5.32 Å². The molecule has 7 heteroatoms. The summed E-state index contributed by atoms with van der Waals surface area (Å²) in [6.07, 6.45) is -2.68. The molecule has 0 saturated carbocycles. The van der Waals surface area contributed by atoms with Crippen molar-refractivity contribution in [2.75, 3.05) is 6.61 Å². The Balaban J connectivity index is 1.36. The molecule has 0 bridgehead atoms. The van der Waals surface area contributed by atoms with E-state index in [1.54, 1.807) is 0 Å². The van der Waals surface area contributed by atoms with Crippen LogP contribution < -0.4 is 5.32 Å². The summed E-state index contributed by atoms with van der Waals surface area (Å²) in [6, 6.07) is 30.6. The molecule has 40 heavy (non-hydrogen) atoms. The van der Waals surface area contributed by atoms with Gasteiger partial charge in [0.05, 0.1) is 12.2 Å². The van der Waals surface area contributed by atoms with E-state index in [9.17, 15) is 4.79 Å². The maximum atomic E-state index is 12.2. The van der Waals surface area contributed by atoms with Crippen LogP contribution in [0.3, 0.4) is 0 Å². The fourth-order valence-corrected chi connectivity index (χ4v) is 5.88. The number of ether oxygens (including phenoxy) is 5. The summed E-state index contributed by atoms with van der Waals surface area (Å²) in [5.74, 6) is -0.930. The van der Waals surface area contributed by atoms with E-state index in [0.717, 1.165) is 22.3 Å². The minimum atomic E-state index is -0.911. The van der Waals surface area contributed by atoms with Crippen LogP contribution in [0.1, 0.15) is 44.4 Å². The molecule has 208 valence electrons. The van der Waals surface area contributed by atoms with Crippen LogP contribution in [0.5, 0.6) is 0 Å². The van der Waals surface area contributed by atoms with Crippen molar-refractivity contribution in [3.05, 3.63) is 119 Å². The minimum absolute atomic E-state index is 0.117. The summed E-state index contributed by atoms with van der Waals surface area (Å²) >= 11 is 0. The van der Waals surface area contributed by atoms with Gasteiger partial charge in [0.25, 0.3) is 5.91 Å². The molecule has 3 saturated heterocycles. The van der Waals surface area contributed by atoms with Crippen LogP contribution in [0.2, 0.25) is 0 Å². The third-order valence-electron chi connectivity index (χ3n) is 7.69. The van der Waals surface area contributed by atoms with Gasteiger partial charge in [0.1, 0.15) is 23.9 Å².